The zero-order valence-electron chi connectivity index (χ0n) is 10.1. The first-order valence-corrected chi connectivity index (χ1v) is 6.86. The lowest BCUT2D eigenvalue weighted by atomic mass is 10.2. The van der Waals surface area contributed by atoms with Gasteiger partial charge < -0.3 is 0 Å². The number of hydrogen-bond donors (Lipinski definition) is 1. The fourth-order valence-corrected chi connectivity index (χ4v) is 2.69. The van der Waals surface area contributed by atoms with Gasteiger partial charge in [0.2, 0.25) is 0 Å². The van der Waals surface area contributed by atoms with Crippen molar-refractivity contribution in [3.63, 3.8) is 0 Å². The Balaban J connectivity index is 3.02. The maximum Gasteiger partial charge on any atom is 0.301 e. The molecule has 5 nitrogen and oxygen atoms in total. The van der Waals surface area contributed by atoms with Gasteiger partial charge in [-0.1, -0.05) is 13.8 Å². The number of nitrogens with one attached hydrogen (secondary N) is 1. The van der Waals surface area contributed by atoms with Crippen molar-refractivity contribution in [2.24, 2.45) is 0 Å². The SMILES string of the molecule is CCN(CC)S(=O)(=O)Nc1ccc(F)c(C#N)c1. The maximum absolute atomic E-state index is 13.1. The van der Waals surface area contributed by atoms with E-state index in [-0.39, 0.29) is 11.3 Å². The van der Waals surface area contributed by atoms with Crippen LogP contribution in [0.1, 0.15) is 19.4 Å². The van der Waals surface area contributed by atoms with Crippen molar-refractivity contribution in [1.82, 2.24) is 4.31 Å². The largest absolute Gasteiger partial charge is 0.301 e. The monoisotopic (exact) mass is 271 g/mol. The molecule has 0 heterocycles. The standard InChI is InChI=1S/C11H14FN3O2S/c1-3-15(4-2)18(16,17)14-10-5-6-11(12)9(7-10)8-13/h5-7,14H,3-4H2,1-2H3. The quantitative estimate of drug-likeness (QED) is 0.885. The van der Waals surface area contributed by atoms with Crippen molar-refractivity contribution >= 4 is 15.9 Å². The van der Waals surface area contributed by atoms with E-state index in [0.29, 0.717) is 13.1 Å². The fourth-order valence-electron chi connectivity index (χ4n) is 1.45. The first kappa shape index (κ1) is 14.4. The topological polar surface area (TPSA) is 73.2 Å². The van der Waals surface area contributed by atoms with Crippen LogP contribution in [0.15, 0.2) is 18.2 Å². The molecule has 0 spiro atoms. The van der Waals surface area contributed by atoms with E-state index in [1.54, 1.807) is 19.9 Å². The van der Waals surface area contributed by atoms with E-state index in [4.69, 9.17) is 5.26 Å². The molecule has 0 saturated heterocycles. The first-order chi connectivity index (χ1) is 8.44. The first-order valence-electron chi connectivity index (χ1n) is 5.42. The van der Waals surface area contributed by atoms with Crippen LogP contribution in [0.25, 0.3) is 0 Å². The fraction of sp³-hybridized carbons (Fsp3) is 0.364. The van der Waals surface area contributed by atoms with Gasteiger partial charge in [-0.2, -0.15) is 18.0 Å². The molecule has 0 aliphatic rings. The Labute approximate surface area is 106 Å². The number of benzene rings is 1. The van der Waals surface area contributed by atoms with Crippen molar-refractivity contribution < 1.29 is 12.8 Å². The van der Waals surface area contributed by atoms with Crippen LogP contribution in [-0.4, -0.2) is 25.8 Å². The zero-order chi connectivity index (χ0) is 13.8. The molecule has 98 valence electrons. The molecule has 0 bridgehead atoms. The average molecular weight is 271 g/mol. The molecule has 1 N–H and O–H groups in total. The summed E-state index contributed by atoms with van der Waals surface area (Å²) >= 11 is 0. The van der Waals surface area contributed by atoms with E-state index in [9.17, 15) is 12.8 Å². The Bertz CT molecular complexity index is 562. The zero-order valence-corrected chi connectivity index (χ0v) is 11.0. The Morgan fingerprint density at radius 1 is 1.39 bits per heavy atom. The summed E-state index contributed by atoms with van der Waals surface area (Å²) in [5, 5.41) is 8.67. The van der Waals surface area contributed by atoms with Crippen molar-refractivity contribution in [1.29, 1.82) is 5.26 Å². The summed E-state index contributed by atoms with van der Waals surface area (Å²) in [7, 11) is -3.66. The third kappa shape index (κ3) is 3.18. The third-order valence-corrected chi connectivity index (χ3v) is 4.07. The molecule has 1 rings (SSSR count). The normalized spacial score (nSPS) is 11.3. The minimum atomic E-state index is -3.66. The van der Waals surface area contributed by atoms with E-state index < -0.39 is 16.0 Å². The second-order valence-corrected chi connectivity index (χ2v) is 5.17. The molecule has 18 heavy (non-hydrogen) atoms. The number of halogens is 1. The van der Waals surface area contributed by atoms with Gasteiger partial charge in [0.25, 0.3) is 0 Å². The van der Waals surface area contributed by atoms with Crippen molar-refractivity contribution in [3.8, 4) is 6.07 Å². The second-order valence-electron chi connectivity index (χ2n) is 3.50. The van der Waals surface area contributed by atoms with Crippen LogP contribution >= 0.6 is 0 Å². The van der Waals surface area contributed by atoms with Crippen LogP contribution in [0, 0.1) is 17.1 Å². The van der Waals surface area contributed by atoms with Gasteiger partial charge in [0, 0.05) is 13.1 Å². The lowest BCUT2D eigenvalue weighted by Crippen LogP contribution is -2.35. The van der Waals surface area contributed by atoms with Crippen LogP contribution < -0.4 is 4.72 Å². The second kappa shape index (κ2) is 5.80. The predicted octanol–water partition coefficient (Wildman–Crippen LogP) is 1.70. The lowest BCUT2D eigenvalue weighted by molar-refractivity contribution is 0.449. The molecule has 0 fully saturated rings. The number of rotatable bonds is 5. The highest BCUT2D eigenvalue weighted by atomic mass is 32.2. The van der Waals surface area contributed by atoms with Crippen molar-refractivity contribution in [2.45, 2.75) is 13.8 Å². The van der Waals surface area contributed by atoms with E-state index in [1.165, 1.54) is 10.4 Å². The molecule has 1 aromatic rings. The summed E-state index contributed by atoms with van der Waals surface area (Å²) in [5.41, 5.74) is -0.0328. The van der Waals surface area contributed by atoms with Crippen molar-refractivity contribution in [3.05, 3.63) is 29.6 Å². The highest BCUT2D eigenvalue weighted by Gasteiger charge is 2.18. The van der Waals surface area contributed by atoms with Gasteiger partial charge in [-0.15, -0.1) is 0 Å². The van der Waals surface area contributed by atoms with Crippen LogP contribution in [0.5, 0.6) is 0 Å². The van der Waals surface area contributed by atoms with Crippen LogP contribution in [0.3, 0.4) is 0 Å². The van der Waals surface area contributed by atoms with Gasteiger partial charge in [0.15, 0.2) is 0 Å². The summed E-state index contributed by atoms with van der Waals surface area (Å²) in [6, 6.07) is 5.15. The van der Waals surface area contributed by atoms with Gasteiger partial charge in [0.1, 0.15) is 11.9 Å². The van der Waals surface area contributed by atoms with Gasteiger partial charge in [-0.05, 0) is 18.2 Å². The molecular weight excluding hydrogens is 257 g/mol. The number of anilines is 1. The third-order valence-electron chi connectivity index (χ3n) is 2.38. The number of nitrogens with zero attached hydrogens (tertiary/aromatic N) is 2. The van der Waals surface area contributed by atoms with Crippen LogP contribution in [0.2, 0.25) is 0 Å². The van der Waals surface area contributed by atoms with Gasteiger partial charge in [-0.3, -0.25) is 4.72 Å². The maximum atomic E-state index is 13.1. The summed E-state index contributed by atoms with van der Waals surface area (Å²) < 4.78 is 40.4. The summed E-state index contributed by atoms with van der Waals surface area (Å²) in [6.45, 7) is 4.10. The molecule has 0 radical (unpaired) electrons. The number of nitriles is 1. The van der Waals surface area contributed by atoms with E-state index in [1.807, 2.05) is 0 Å². The summed E-state index contributed by atoms with van der Waals surface area (Å²) in [5.74, 6) is -0.678. The Morgan fingerprint density at radius 2 is 2.00 bits per heavy atom. The smallest absolute Gasteiger partial charge is 0.271 e. The van der Waals surface area contributed by atoms with E-state index in [0.717, 1.165) is 12.1 Å². The summed E-state index contributed by atoms with van der Waals surface area (Å²) in [6.07, 6.45) is 0. The minimum absolute atomic E-state index is 0.167. The molecule has 0 aliphatic carbocycles. The molecular formula is C11H14FN3O2S. The average Bonchev–Trinajstić information content (AvgIpc) is 2.32. The van der Waals surface area contributed by atoms with Gasteiger partial charge in [-0.25, -0.2) is 4.39 Å². The molecule has 0 aliphatic heterocycles. The molecule has 0 amide bonds. The molecule has 7 heteroatoms. The Hall–Kier alpha value is -1.65. The molecule has 0 unspecified atom stereocenters. The Morgan fingerprint density at radius 3 is 2.50 bits per heavy atom. The minimum Gasteiger partial charge on any atom is -0.271 e. The molecule has 0 aromatic heterocycles. The summed E-state index contributed by atoms with van der Waals surface area (Å²) in [4.78, 5) is 0. The Kier molecular flexibility index (Phi) is 4.64. The molecule has 0 atom stereocenters. The molecule has 1 aromatic carbocycles. The highest BCUT2D eigenvalue weighted by molar-refractivity contribution is 7.90. The van der Waals surface area contributed by atoms with Crippen molar-refractivity contribution in [2.75, 3.05) is 17.8 Å². The molecule has 0 saturated carbocycles. The lowest BCUT2D eigenvalue weighted by Gasteiger charge is -2.19. The highest BCUT2D eigenvalue weighted by Crippen LogP contribution is 2.16. The van der Waals surface area contributed by atoms with E-state index >= 15 is 0 Å². The predicted molar refractivity (Wildman–Crippen MR) is 66.6 cm³/mol. The van der Waals surface area contributed by atoms with E-state index in [2.05, 4.69) is 4.72 Å². The van der Waals surface area contributed by atoms with Gasteiger partial charge in [0.05, 0.1) is 11.3 Å². The van der Waals surface area contributed by atoms with Crippen LogP contribution in [-0.2, 0) is 10.2 Å². The van der Waals surface area contributed by atoms with Gasteiger partial charge >= 0.3 is 10.2 Å². The number of hydrogen-bond acceptors (Lipinski definition) is 3. The van der Waals surface area contributed by atoms with Crippen LogP contribution in [0.4, 0.5) is 10.1 Å².